The van der Waals surface area contributed by atoms with Gasteiger partial charge < -0.3 is 4.90 Å². The highest BCUT2D eigenvalue weighted by Gasteiger charge is 2.16. The Kier molecular flexibility index (Phi) is 6.18. The molecule has 6 heteroatoms. The molecule has 1 amide bonds. The van der Waals surface area contributed by atoms with Gasteiger partial charge in [0.05, 0.1) is 5.75 Å². The lowest BCUT2D eigenvalue weighted by molar-refractivity contribution is -0.129. The molecule has 102 valence electrons. The predicted molar refractivity (Wildman–Crippen MR) is 73.4 cm³/mol. The Hall–Kier alpha value is -1.04. The van der Waals surface area contributed by atoms with Crippen LogP contribution in [0.4, 0.5) is 0 Å². The van der Waals surface area contributed by atoms with Crippen LogP contribution in [-0.2, 0) is 4.79 Å². The van der Waals surface area contributed by atoms with Gasteiger partial charge in [0, 0.05) is 13.1 Å². The molecule has 0 atom stereocenters. The molecule has 0 aliphatic rings. The molecule has 0 aliphatic heterocycles. The van der Waals surface area contributed by atoms with E-state index in [0.29, 0.717) is 22.7 Å². The maximum Gasteiger partial charge on any atom is 0.233 e. The number of nitrogens with one attached hydrogen (secondary N) is 1. The van der Waals surface area contributed by atoms with E-state index in [0.717, 1.165) is 13.1 Å². The third-order valence-corrected chi connectivity index (χ3v) is 3.11. The van der Waals surface area contributed by atoms with Crippen molar-refractivity contribution in [1.29, 1.82) is 0 Å². The second-order valence-electron chi connectivity index (χ2n) is 5.17. The van der Waals surface area contributed by atoms with E-state index < -0.39 is 0 Å². The molecular formula is C12H22N4OS. The molecule has 0 saturated carbocycles. The van der Waals surface area contributed by atoms with Crippen LogP contribution < -0.4 is 0 Å². The summed E-state index contributed by atoms with van der Waals surface area (Å²) in [5, 5.41) is 7.20. The highest BCUT2D eigenvalue weighted by Crippen LogP contribution is 2.13. The number of carbonyl (C=O) groups is 1. The minimum atomic E-state index is 0.166. The summed E-state index contributed by atoms with van der Waals surface area (Å²) in [6, 6.07) is 0. The fourth-order valence-corrected chi connectivity index (χ4v) is 2.33. The van der Waals surface area contributed by atoms with Crippen LogP contribution >= 0.6 is 11.8 Å². The molecule has 0 aromatic carbocycles. The first-order valence-electron chi connectivity index (χ1n) is 6.25. The van der Waals surface area contributed by atoms with Crippen molar-refractivity contribution in [2.45, 2.75) is 32.9 Å². The molecule has 0 spiro atoms. The van der Waals surface area contributed by atoms with Gasteiger partial charge in [-0.3, -0.25) is 9.89 Å². The van der Waals surface area contributed by atoms with E-state index >= 15 is 0 Å². The second kappa shape index (κ2) is 7.41. The molecule has 0 bridgehead atoms. The van der Waals surface area contributed by atoms with Gasteiger partial charge in [0.1, 0.15) is 6.33 Å². The van der Waals surface area contributed by atoms with Gasteiger partial charge in [-0.15, -0.1) is 0 Å². The summed E-state index contributed by atoms with van der Waals surface area (Å²) >= 11 is 1.40. The second-order valence-corrected chi connectivity index (χ2v) is 6.13. The van der Waals surface area contributed by atoms with E-state index in [9.17, 15) is 4.79 Å². The van der Waals surface area contributed by atoms with Gasteiger partial charge >= 0.3 is 0 Å². The Morgan fingerprint density at radius 2 is 1.94 bits per heavy atom. The summed E-state index contributed by atoms with van der Waals surface area (Å²) in [6.45, 7) is 10.1. The monoisotopic (exact) mass is 270 g/mol. The molecular weight excluding hydrogens is 248 g/mol. The highest BCUT2D eigenvalue weighted by atomic mass is 32.2. The zero-order chi connectivity index (χ0) is 13.5. The predicted octanol–water partition coefficient (Wildman–Crippen LogP) is 2.04. The maximum atomic E-state index is 12.2. The quantitative estimate of drug-likeness (QED) is 0.770. The number of aromatic nitrogens is 3. The zero-order valence-corrected chi connectivity index (χ0v) is 12.3. The molecule has 0 radical (unpaired) electrons. The average Bonchev–Trinajstić information content (AvgIpc) is 2.76. The Bertz CT molecular complexity index is 341. The standard InChI is InChI=1S/C12H22N4OS/c1-9(2)5-16(6-10(3)4)11(17)7-18-12-13-8-14-15-12/h8-10H,5-7H2,1-4H3,(H,13,14,15). The van der Waals surface area contributed by atoms with Crippen molar-refractivity contribution in [1.82, 2.24) is 20.1 Å². The molecule has 1 N–H and O–H groups in total. The fourth-order valence-electron chi connectivity index (χ4n) is 1.64. The van der Waals surface area contributed by atoms with E-state index in [4.69, 9.17) is 0 Å². The Balaban J connectivity index is 2.47. The number of hydrogen-bond donors (Lipinski definition) is 1. The topological polar surface area (TPSA) is 61.9 Å². The maximum absolute atomic E-state index is 12.2. The van der Waals surface area contributed by atoms with Crippen molar-refractivity contribution in [2.75, 3.05) is 18.8 Å². The van der Waals surface area contributed by atoms with Crippen LogP contribution in [-0.4, -0.2) is 44.8 Å². The van der Waals surface area contributed by atoms with E-state index in [1.165, 1.54) is 18.1 Å². The average molecular weight is 270 g/mol. The highest BCUT2D eigenvalue weighted by molar-refractivity contribution is 7.99. The van der Waals surface area contributed by atoms with Crippen molar-refractivity contribution in [2.24, 2.45) is 11.8 Å². The number of nitrogens with zero attached hydrogens (tertiary/aromatic N) is 3. The van der Waals surface area contributed by atoms with Crippen LogP contribution in [0.1, 0.15) is 27.7 Å². The minimum absolute atomic E-state index is 0.166. The fraction of sp³-hybridized carbons (Fsp3) is 0.750. The third-order valence-electron chi connectivity index (χ3n) is 2.25. The van der Waals surface area contributed by atoms with Crippen LogP contribution in [0.2, 0.25) is 0 Å². The number of carbonyl (C=O) groups excluding carboxylic acids is 1. The van der Waals surface area contributed by atoms with Gasteiger partial charge in [0.15, 0.2) is 5.16 Å². The van der Waals surface area contributed by atoms with Gasteiger partial charge in [0.2, 0.25) is 5.91 Å². The van der Waals surface area contributed by atoms with Gasteiger partial charge in [0.25, 0.3) is 0 Å². The number of aromatic amines is 1. The van der Waals surface area contributed by atoms with Crippen LogP contribution in [0.3, 0.4) is 0 Å². The summed E-state index contributed by atoms with van der Waals surface area (Å²) in [4.78, 5) is 18.1. The molecule has 1 aromatic heterocycles. The first-order chi connectivity index (χ1) is 8.49. The lowest BCUT2D eigenvalue weighted by Crippen LogP contribution is -2.38. The third kappa shape index (κ3) is 5.53. The Labute approximate surface area is 113 Å². The first kappa shape index (κ1) is 15.0. The zero-order valence-electron chi connectivity index (χ0n) is 11.5. The molecule has 0 unspecified atom stereocenters. The molecule has 1 rings (SSSR count). The van der Waals surface area contributed by atoms with Gasteiger partial charge in [-0.2, -0.15) is 5.10 Å². The normalized spacial score (nSPS) is 11.2. The van der Waals surface area contributed by atoms with E-state index in [2.05, 4.69) is 42.9 Å². The number of rotatable bonds is 7. The smallest absolute Gasteiger partial charge is 0.233 e. The van der Waals surface area contributed by atoms with E-state index in [1.54, 1.807) is 0 Å². The molecule has 1 aromatic rings. The van der Waals surface area contributed by atoms with Crippen molar-refractivity contribution < 1.29 is 4.79 Å². The van der Waals surface area contributed by atoms with Crippen molar-refractivity contribution in [3.05, 3.63) is 6.33 Å². The molecule has 1 heterocycles. The van der Waals surface area contributed by atoms with E-state index in [-0.39, 0.29) is 5.91 Å². The van der Waals surface area contributed by atoms with Crippen molar-refractivity contribution in [3.63, 3.8) is 0 Å². The largest absolute Gasteiger partial charge is 0.341 e. The van der Waals surface area contributed by atoms with Gasteiger partial charge in [-0.05, 0) is 11.8 Å². The van der Waals surface area contributed by atoms with Crippen LogP contribution in [0.5, 0.6) is 0 Å². The molecule has 18 heavy (non-hydrogen) atoms. The summed E-state index contributed by atoms with van der Waals surface area (Å²) in [5.41, 5.74) is 0. The summed E-state index contributed by atoms with van der Waals surface area (Å²) < 4.78 is 0. The van der Waals surface area contributed by atoms with Crippen LogP contribution in [0, 0.1) is 11.8 Å². The molecule has 0 aliphatic carbocycles. The number of amides is 1. The molecule has 5 nitrogen and oxygen atoms in total. The van der Waals surface area contributed by atoms with E-state index in [1.807, 2.05) is 4.90 Å². The van der Waals surface area contributed by atoms with Crippen LogP contribution in [0.15, 0.2) is 11.5 Å². The molecule has 0 fully saturated rings. The summed E-state index contributed by atoms with van der Waals surface area (Å²) in [5.74, 6) is 1.55. The number of H-pyrrole nitrogens is 1. The Morgan fingerprint density at radius 1 is 1.33 bits per heavy atom. The van der Waals surface area contributed by atoms with Gasteiger partial charge in [-0.25, -0.2) is 4.98 Å². The minimum Gasteiger partial charge on any atom is -0.341 e. The molecule has 0 saturated heterocycles. The summed E-state index contributed by atoms with van der Waals surface area (Å²) in [7, 11) is 0. The summed E-state index contributed by atoms with van der Waals surface area (Å²) in [6.07, 6.45) is 1.45. The number of thioether (sulfide) groups is 1. The SMILES string of the molecule is CC(C)CN(CC(C)C)C(=O)CSc1ncn[nH]1. The Morgan fingerprint density at radius 3 is 2.39 bits per heavy atom. The number of hydrogen-bond acceptors (Lipinski definition) is 4. The first-order valence-corrected chi connectivity index (χ1v) is 7.23. The van der Waals surface area contributed by atoms with Crippen molar-refractivity contribution >= 4 is 17.7 Å². The lowest BCUT2D eigenvalue weighted by Gasteiger charge is -2.26. The van der Waals surface area contributed by atoms with Crippen LogP contribution in [0.25, 0.3) is 0 Å². The lowest BCUT2D eigenvalue weighted by atomic mass is 10.1. The van der Waals surface area contributed by atoms with Crippen molar-refractivity contribution in [3.8, 4) is 0 Å². The van der Waals surface area contributed by atoms with Gasteiger partial charge in [-0.1, -0.05) is 39.5 Å².